The maximum absolute atomic E-state index is 14.5. The van der Waals surface area contributed by atoms with Crippen molar-refractivity contribution in [3.8, 4) is 17.4 Å². The lowest BCUT2D eigenvalue weighted by molar-refractivity contribution is -0.0393. The van der Waals surface area contributed by atoms with Crippen LogP contribution in [0.1, 0.15) is 65.2 Å². The molecule has 3 aliphatic heterocycles. The van der Waals surface area contributed by atoms with Gasteiger partial charge in [0.1, 0.15) is 33.6 Å². The van der Waals surface area contributed by atoms with Crippen molar-refractivity contribution in [2.45, 2.75) is 68.2 Å². The summed E-state index contributed by atoms with van der Waals surface area (Å²) >= 11 is 0. The number of pyridine rings is 1. The Morgan fingerprint density at radius 3 is 2.62 bits per heavy atom. The van der Waals surface area contributed by atoms with Crippen LogP contribution in [0.3, 0.4) is 0 Å². The van der Waals surface area contributed by atoms with Crippen LogP contribution in [0, 0.1) is 24.2 Å². The monoisotopic (exact) mass is 628 g/mol. The molecule has 3 aromatic heterocycles. The van der Waals surface area contributed by atoms with Gasteiger partial charge in [-0.05, 0) is 51.2 Å². The lowest BCUT2D eigenvalue weighted by atomic mass is 9.84. The summed E-state index contributed by atoms with van der Waals surface area (Å²) in [7, 11) is -4.13. The van der Waals surface area contributed by atoms with Crippen LogP contribution in [0.15, 0.2) is 64.0 Å². The van der Waals surface area contributed by atoms with Crippen LogP contribution in [-0.2, 0) is 22.2 Å². The van der Waals surface area contributed by atoms with Crippen LogP contribution in [0.2, 0.25) is 0 Å². The Morgan fingerprint density at radius 2 is 1.91 bits per heavy atom. The largest absolute Gasteiger partial charge is 0.383 e. The third kappa shape index (κ3) is 4.86. The van der Waals surface area contributed by atoms with Gasteiger partial charge in [0.05, 0.1) is 5.69 Å². The Kier molecular flexibility index (Phi) is 6.96. The molecular formula is C32H29FN6O5S. The first-order valence-electron chi connectivity index (χ1n) is 14.7. The third-order valence-electron chi connectivity index (χ3n) is 8.95. The quantitative estimate of drug-likeness (QED) is 0.291. The molecule has 2 atom stereocenters. The number of benzene rings is 1. The number of aliphatic hydroxyl groups is 1. The van der Waals surface area contributed by atoms with Crippen molar-refractivity contribution in [2.75, 3.05) is 5.32 Å². The standard InChI is InChI=1S/C32H29FN6O5S/c1-19-29(31(40)36-21-13-22(18-34)35-28(33)14-21)38-12-6-5-9-25(38)30(19)45(42,43)39-23-10-11-24(39)17-32(41,16-23)27-15-26(44-37-27)20-7-3-2-4-8-20/h2-5,7-9,13-15,23-24,41H,6,10-12,16-17H2,1H3,(H,35,36,40). The van der Waals surface area contributed by atoms with Crippen molar-refractivity contribution in [1.82, 2.24) is 19.0 Å². The highest BCUT2D eigenvalue weighted by Crippen LogP contribution is 2.49. The van der Waals surface area contributed by atoms with E-state index in [9.17, 15) is 22.7 Å². The minimum atomic E-state index is -4.13. The average Bonchev–Trinajstić information content (AvgIpc) is 3.71. The predicted octanol–water partition coefficient (Wildman–Crippen LogP) is 4.73. The molecule has 45 heavy (non-hydrogen) atoms. The fraction of sp³-hybridized carbons (Fsp3) is 0.312. The second-order valence-corrected chi connectivity index (χ2v) is 13.5. The molecule has 11 nitrogen and oxygen atoms in total. The number of halogens is 1. The van der Waals surface area contributed by atoms with Crippen molar-refractivity contribution in [2.24, 2.45) is 0 Å². The summed E-state index contributed by atoms with van der Waals surface area (Å²) in [5.74, 6) is -1.03. The van der Waals surface area contributed by atoms with Gasteiger partial charge in [0.25, 0.3) is 5.91 Å². The summed E-state index contributed by atoms with van der Waals surface area (Å²) in [6.07, 6.45) is 5.61. The van der Waals surface area contributed by atoms with E-state index in [0.717, 1.165) is 11.6 Å². The number of amides is 1. The summed E-state index contributed by atoms with van der Waals surface area (Å²) < 4.78 is 51.8. The Labute approximate surface area is 258 Å². The van der Waals surface area contributed by atoms with Crippen LogP contribution < -0.4 is 5.32 Å². The van der Waals surface area contributed by atoms with E-state index in [4.69, 9.17) is 9.78 Å². The first kappa shape index (κ1) is 29.1. The zero-order valence-corrected chi connectivity index (χ0v) is 25.1. The average molecular weight is 629 g/mol. The number of nitrogens with one attached hydrogen (secondary N) is 1. The summed E-state index contributed by atoms with van der Waals surface area (Å²) in [5.41, 5.74) is 0.474. The normalized spacial score (nSPS) is 22.6. The highest BCUT2D eigenvalue weighted by atomic mass is 32.2. The Balaban J connectivity index is 1.21. The number of allylic oxidation sites excluding steroid dienone is 1. The van der Waals surface area contributed by atoms with Crippen LogP contribution in [-0.4, -0.2) is 50.5 Å². The molecule has 0 saturated carbocycles. The van der Waals surface area contributed by atoms with Crippen molar-refractivity contribution in [3.63, 3.8) is 0 Å². The van der Waals surface area contributed by atoms with Crippen LogP contribution >= 0.6 is 0 Å². The van der Waals surface area contributed by atoms with Gasteiger partial charge >= 0.3 is 0 Å². The molecule has 13 heteroatoms. The SMILES string of the molecule is Cc1c(S(=O)(=O)N2C3CCC2CC(O)(c2cc(-c4ccccc4)on2)C3)c2n(c1C(=O)Nc1cc(F)nc(C#N)c1)CCC=C2. The number of sulfonamides is 1. The molecule has 7 rings (SSSR count). The molecule has 1 aromatic carbocycles. The summed E-state index contributed by atoms with van der Waals surface area (Å²) in [4.78, 5) is 17.1. The number of anilines is 1. The lowest BCUT2D eigenvalue weighted by Crippen LogP contribution is -2.52. The van der Waals surface area contributed by atoms with Gasteiger partial charge in [-0.3, -0.25) is 4.79 Å². The van der Waals surface area contributed by atoms with E-state index >= 15 is 0 Å². The van der Waals surface area contributed by atoms with E-state index in [1.54, 1.807) is 29.7 Å². The van der Waals surface area contributed by atoms with Crippen LogP contribution in [0.25, 0.3) is 17.4 Å². The van der Waals surface area contributed by atoms with Gasteiger partial charge in [0.15, 0.2) is 5.76 Å². The third-order valence-corrected chi connectivity index (χ3v) is 11.1. The van der Waals surface area contributed by atoms with Crippen molar-refractivity contribution >= 4 is 27.7 Å². The zero-order valence-electron chi connectivity index (χ0n) is 24.3. The fourth-order valence-corrected chi connectivity index (χ4v) is 9.38. The molecule has 6 heterocycles. The van der Waals surface area contributed by atoms with Gasteiger partial charge in [-0.15, -0.1) is 0 Å². The molecular weight excluding hydrogens is 599 g/mol. The smallest absolute Gasteiger partial charge is 0.272 e. The number of aromatic nitrogens is 3. The van der Waals surface area contributed by atoms with E-state index < -0.39 is 39.6 Å². The van der Waals surface area contributed by atoms with Gasteiger partial charge in [-0.2, -0.15) is 14.0 Å². The predicted molar refractivity (Wildman–Crippen MR) is 161 cm³/mol. The minimum absolute atomic E-state index is 0.0337. The minimum Gasteiger partial charge on any atom is -0.383 e. The van der Waals surface area contributed by atoms with Gasteiger partial charge in [0.2, 0.25) is 16.0 Å². The van der Waals surface area contributed by atoms with Gasteiger partial charge in [-0.1, -0.05) is 41.6 Å². The topological polar surface area (TPSA) is 154 Å². The van der Waals surface area contributed by atoms with E-state index in [1.165, 1.54) is 10.4 Å². The second kappa shape index (κ2) is 10.8. The van der Waals surface area contributed by atoms with E-state index in [-0.39, 0.29) is 40.4 Å². The van der Waals surface area contributed by atoms with Crippen molar-refractivity contribution in [3.05, 3.63) is 88.9 Å². The van der Waals surface area contributed by atoms with Gasteiger partial charge in [0, 0.05) is 47.6 Å². The van der Waals surface area contributed by atoms with E-state index in [0.29, 0.717) is 43.0 Å². The maximum Gasteiger partial charge on any atom is 0.272 e. The van der Waals surface area contributed by atoms with Crippen molar-refractivity contribution < 1.29 is 27.2 Å². The second-order valence-electron chi connectivity index (χ2n) is 11.8. The van der Waals surface area contributed by atoms with Crippen LogP contribution in [0.5, 0.6) is 0 Å². The maximum atomic E-state index is 14.5. The number of piperidine rings is 1. The summed E-state index contributed by atoms with van der Waals surface area (Å²) in [6.45, 7) is 1.97. The number of hydrogen-bond donors (Lipinski definition) is 2. The number of nitrogens with zero attached hydrogens (tertiary/aromatic N) is 5. The number of carbonyl (C=O) groups excluding carboxylic acids is 1. The van der Waals surface area contributed by atoms with E-state index in [1.807, 2.05) is 36.4 Å². The van der Waals surface area contributed by atoms with Crippen LogP contribution in [0.4, 0.5) is 10.1 Å². The Bertz CT molecular complexity index is 2000. The molecule has 230 valence electrons. The molecule has 4 aromatic rings. The lowest BCUT2D eigenvalue weighted by Gasteiger charge is -2.42. The molecule has 0 aliphatic carbocycles. The molecule has 2 saturated heterocycles. The molecule has 2 bridgehead atoms. The fourth-order valence-electron chi connectivity index (χ4n) is 7.10. The molecule has 0 radical (unpaired) electrons. The highest BCUT2D eigenvalue weighted by molar-refractivity contribution is 7.89. The van der Waals surface area contributed by atoms with Crippen molar-refractivity contribution in [1.29, 1.82) is 5.26 Å². The molecule has 3 aliphatic rings. The summed E-state index contributed by atoms with van der Waals surface area (Å²) in [6, 6.07) is 14.2. The number of hydrogen-bond acceptors (Lipinski definition) is 8. The molecule has 2 unspecified atom stereocenters. The Hall–Kier alpha value is -4.64. The number of carbonyl (C=O) groups is 1. The Morgan fingerprint density at radius 1 is 1.18 bits per heavy atom. The summed E-state index contributed by atoms with van der Waals surface area (Å²) in [5, 5.41) is 27.7. The van der Waals surface area contributed by atoms with Gasteiger partial charge < -0.3 is 19.5 Å². The molecule has 1 amide bonds. The number of rotatable bonds is 6. The first-order valence-corrected chi connectivity index (χ1v) is 16.1. The first-order chi connectivity index (χ1) is 21.6. The molecule has 0 spiro atoms. The highest BCUT2D eigenvalue weighted by Gasteiger charge is 2.54. The number of fused-ring (bicyclic) bond motifs is 3. The molecule has 2 N–H and O–H groups in total. The van der Waals surface area contributed by atoms with Gasteiger partial charge in [-0.25, -0.2) is 13.4 Å². The molecule has 2 fully saturated rings. The number of nitriles is 1. The zero-order chi connectivity index (χ0) is 31.5. The van der Waals surface area contributed by atoms with E-state index in [2.05, 4.69) is 15.5 Å².